The fourth-order valence-electron chi connectivity index (χ4n) is 3.88. The van der Waals surface area contributed by atoms with Crippen LogP contribution in [0.25, 0.3) is 11.3 Å². The molecule has 3 aliphatic carbocycles. The second-order valence-corrected chi connectivity index (χ2v) is 6.40. The number of ether oxygens (including phenoxy) is 1. The van der Waals surface area contributed by atoms with Crippen molar-refractivity contribution in [1.82, 2.24) is 9.55 Å². The van der Waals surface area contributed by atoms with Crippen molar-refractivity contribution in [2.75, 3.05) is 6.61 Å². The number of aromatic nitrogens is 2. The number of imidazole rings is 1. The Balaban J connectivity index is 0.000000815. The van der Waals surface area contributed by atoms with E-state index >= 15 is 0 Å². The van der Waals surface area contributed by atoms with Gasteiger partial charge in [0.05, 0.1) is 12.3 Å². The Hall–Kier alpha value is -2.10. The van der Waals surface area contributed by atoms with Gasteiger partial charge in [0.15, 0.2) is 0 Å². The smallest absolute Gasteiger partial charge is 0.374 e. The third-order valence-corrected chi connectivity index (χ3v) is 5.03. The molecule has 1 aromatic heterocycles. The Bertz CT molecular complexity index is 770. The molecule has 0 radical (unpaired) electrons. The third kappa shape index (κ3) is 2.45. The summed E-state index contributed by atoms with van der Waals surface area (Å²) in [5.74, 6) is 1.24. The number of esters is 1. The molecule has 0 spiro atoms. The fraction of sp³-hybridized carbons (Fsp3) is 0.500. The van der Waals surface area contributed by atoms with Gasteiger partial charge in [0.1, 0.15) is 0 Å². The Labute approximate surface area is 143 Å². The number of hydrogen-bond donors (Lipinski definition) is 0. The van der Waals surface area contributed by atoms with E-state index in [0.29, 0.717) is 24.3 Å². The average Bonchev–Trinajstić information content (AvgIpc) is 2.73. The van der Waals surface area contributed by atoms with Crippen LogP contribution in [0, 0.1) is 6.92 Å². The molecule has 2 aromatic rings. The molecule has 0 amide bonds. The van der Waals surface area contributed by atoms with Crippen molar-refractivity contribution in [3.8, 4) is 11.3 Å². The summed E-state index contributed by atoms with van der Waals surface area (Å²) in [5, 5.41) is 0. The van der Waals surface area contributed by atoms with E-state index in [0.717, 1.165) is 18.5 Å². The molecular weight excluding hydrogens is 300 g/mol. The van der Waals surface area contributed by atoms with E-state index in [2.05, 4.69) is 30.1 Å². The van der Waals surface area contributed by atoms with E-state index in [1.165, 1.54) is 22.4 Å². The summed E-state index contributed by atoms with van der Waals surface area (Å²) in [6.45, 7) is 8.29. The second kappa shape index (κ2) is 6.42. The Kier molecular flexibility index (Phi) is 4.48. The zero-order valence-electron chi connectivity index (χ0n) is 15.2. The van der Waals surface area contributed by atoms with Gasteiger partial charge >= 0.3 is 5.97 Å². The maximum absolute atomic E-state index is 12.2. The summed E-state index contributed by atoms with van der Waals surface area (Å²) in [4.78, 5) is 16.8. The van der Waals surface area contributed by atoms with Gasteiger partial charge in [-0.15, -0.1) is 0 Å². The van der Waals surface area contributed by atoms with Crippen LogP contribution in [0.3, 0.4) is 0 Å². The molecule has 0 aliphatic heterocycles. The van der Waals surface area contributed by atoms with Crippen LogP contribution in [-0.4, -0.2) is 22.1 Å². The monoisotopic (exact) mass is 326 g/mol. The predicted molar refractivity (Wildman–Crippen MR) is 95.4 cm³/mol. The van der Waals surface area contributed by atoms with E-state index < -0.39 is 0 Å². The average molecular weight is 326 g/mol. The molecule has 1 saturated carbocycles. The number of carbonyl (C=O) groups is 1. The Morgan fingerprint density at radius 2 is 2.00 bits per heavy atom. The van der Waals surface area contributed by atoms with Crippen LogP contribution in [0.15, 0.2) is 18.2 Å². The third-order valence-electron chi connectivity index (χ3n) is 5.03. The van der Waals surface area contributed by atoms with Gasteiger partial charge in [-0.1, -0.05) is 31.5 Å². The number of aryl methyl sites for hydroxylation is 1. The maximum atomic E-state index is 12.2. The molecule has 4 nitrogen and oxygen atoms in total. The van der Waals surface area contributed by atoms with Gasteiger partial charge in [0.2, 0.25) is 5.82 Å². The maximum Gasteiger partial charge on any atom is 0.374 e. The lowest BCUT2D eigenvalue weighted by Gasteiger charge is -2.34. The lowest BCUT2D eigenvalue weighted by atomic mass is 9.71. The van der Waals surface area contributed by atoms with Crippen molar-refractivity contribution in [3.05, 3.63) is 40.8 Å². The SMILES string of the molecule is CC.CCOC(=O)c1nc2c(n1C)C1CC(C1)c1ccc(C)cc1-2. The summed E-state index contributed by atoms with van der Waals surface area (Å²) in [6.07, 6.45) is 2.32. The van der Waals surface area contributed by atoms with Crippen LogP contribution in [0.4, 0.5) is 0 Å². The molecule has 128 valence electrons. The molecule has 1 fully saturated rings. The van der Waals surface area contributed by atoms with Crippen molar-refractivity contribution in [2.45, 2.75) is 52.4 Å². The molecule has 2 bridgehead atoms. The van der Waals surface area contributed by atoms with Crippen molar-refractivity contribution in [1.29, 1.82) is 0 Å². The number of rotatable bonds is 2. The lowest BCUT2D eigenvalue weighted by molar-refractivity contribution is 0.0507. The number of nitrogens with zero attached hydrogens (tertiary/aromatic N) is 2. The molecule has 0 unspecified atom stereocenters. The van der Waals surface area contributed by atoms with Gasteiger partial charge in [-0.05, 0) is 44.2 Å². The highest BCUT2D eigenvalue weighted by Gasteiger charge is 2.41. The zero-order valence-corrected chi connectivity index (χ0v) is 15.2. The van der Waals surface area contributed by atoms with Crippen molar-refractivity contribution in [3.63, 3.8) is 0 Å². The van der Waals surface area contributed by atoms with Gasteiger partial charge in [-0.3, -0.25) is 0 Å². The second-order valence-electron chi connectivity index (χ2n) is 6.40. The molecule has 5 rings (SSSR count). The molecule has 24 heavy (non-hydrogen) atoms. The summed E-state index contributed by atoms with van der Waals surface area (Å²) in [7, 11) is 1.94. The van der Waals surface area contributed by atoms with E-state index in [4.69, 9.17) is 4.74 Å². The molecule has 3 aliphatic rings. The van der Waals surface area contributed by atoms with Gasteiger partial charge < -0.3 is 9.30 Å². The first-order chi connectivity index (χ1) is 11.6. The number of hydrogen-bond acceptors (Lipinski definition) is 3. The van der Waals surface area contributed by atoms with Gasteiger partial charge in [-0.2, -0.15) is 0 Å². The van der Waals surface area contributed by atoms with Crippen LogP contribution in [0.5, 0.6) is 0 Å². The molecule has 1 aromatic carbocycles. The Morgan fingerprint density at radius 3 is 2.67 bits per heavy atom. The quantitative estimate of drug-likeness (QED) is 0.759. The molecule has 1 heterocycles. The summed E-state index contributed by atoms with van der Waals surface area (Å²) < 4.78 is 7.11. The standard InChI is InChI=1S/C18H20N2O2.C2H6/c1-4-22-18(21)17-19-15-14-7-10(2)5-6-13(14)11-8-12(9-11)16(15)20(17)3;1-2/h5-7,11-12H,4,8-9H2,1-3H3;1-2H3. The highest BCUT2D eigenvalue weighted by molar-refractivity contribution is 5.88. The molecule has 4 heteroatoms. The highest BCUT2D eigenvalue weighted by Crippen LogP contribution is 2.55. The predicted octanol–water partition coefficient (Wildman–Crippen LogP) is 4.57. The van der Waals surface area contributed by atoms with E-state index in [9.17, 15) is 4.79 Å². The molecule has 0 atom stereocenters. The van der Waals surface area contributed by atoms with Crippen molar-refractivity contribution < 1.29 is 9.53 Å². The van der Waals surface area contributed by atoms with Crippen molar-refractivity contribution >= 4 is 5.97 Å². The van der Waals surface area contributed by atoms with Crippen molar-refractivity contribution in [2.24, 2.45) is 7.05 Å². The first kappa shape index (κ1) is 16.7. The highest BCUT2D eigenvalue weighted by atomic mass is 16.5. The van der Waals surface area contributed by atoms with Crippen LogP contribution in [0.1, 0.15) is 72.9 Å². The fourth-order valence-corrected chi connectivity index (χ4v) is 3.88. The van der Waals surface area contributed by atoms with Gasteiger partial charge in [0, 0.05) is 24.2 Å². The lowest BCUT2D eigenvalue weighted by Crippen LogP contribution is -2.21. The number of carbonyl (C=O) groups excluding carboxylic acids is 1. The van der Waals surface area contributed by atoms with E-state index in [1.807, 2.05) is 32.4 Å². The van der Waals surface area contributed by atoms with Gasteiger partial charge in [0.25, 0.3) is 0 Å². The topological polar surface area (TPSA) is 44.1 Å². The number of benzene rings is 1. The summed E-state index contributed by atoms with van der Waals surface area (Å²) in [5.41, 5.74) is 5.99. The summed E-state index contributed by atoms with van der Waals surface area (Å²) >= 11 is 0. The van der Waals surface area contributed by atoms with Crippen LogP contribution in [-0.2, 0) is 11.8 Å². The van der Waals surface area contributed by atoms with Gasteiger partial charge in [-0.25, -0.2) is 9.78 Å². The Morgan fingerprint density at radius 1 is 1.29 bits per heavy atom. The molecule has 0 N–H and O–H groups in total. The minimum Gasteiger partial charge on any atom is -0.460 e. The van der Waals surface area contributed by atoms with E-state index in [1.54, 1.807) is 0 Å². The minimum absolute atomic E-state index is 0.330. The van der Waals surface area contributed by atoms with Crippen LogP contribution >= 0.6 is 0 Å². The first-order valence-corrected chi connectivity index (χ1v) is 8.94. The normalized spacial score (nSPS) is 19.9. The molecule has 0 saturated heterocycles. The first-order valence-electron chi connectivity index (χ1n) is 8.94. The largest absolute Gasteiger partial charge is 0.460 e. The molecular formula is C20H26N2O2. The van der Waals surface area contributed by atoms with Crippen LogP contribution in [0.2, 0.25) is 0 Å². The zero-order chi connectivity index (χ0) is 17.4. The van der Waals surface area contributed by atoms with E-state index in [-0.39, 0.29) is 5.97 Å². The van der Waals surface area contributed by atoms with Crippen LogP contribution < -0.4 is 0 Å². The summed E-state index contributed by atoms with van der Waals surface area (Å²) in [6, 6.07) is 6.61. The minimum atomic E-state index is -0.330.